The molecule has 1 heterocycles. The third-order valence-corrected chi connectivity index (χ3v) is 5.96. The molecule has 0 saturated carbocycles. The molecule has 0 aliphatic carbocycles. The van der Waals surface area contributed by atoms with Crippen molar-refractivity contribution >= 4 is 35.5 Å². The van der Waals surface area contributed by atoms with Gasteiger partial charge >= 0.3 is 6.03 Å². The van der Waals surface area contributed by atoms with Crippen LogP contribution in [0.2, 0.25) is 5.02 Å². The van der Waals surface area contributed by atoms with Gasteiger partial charge in [-0.25, -0.2) is 4.79 Å². The Labute approximate surface area is 225 Å². The van der Waals surface area contributed by atoms with Crippen LogP contribution in [0.3, 0.4) is 0 Å². The molecular weight excluding hydrogens is 508 g/mol. The van der Waals surface area contributed by atoms with Crippen LogP contribution in [-0.2, 0) is 22.7 Å². The number of hydrogen-bond donors (Lipinski definition) is 1. The van der Waals surface area contributed by atoms with Crippen molar-refractivity contribution < 1.29 is 28.6 Å². The molecule has 1 N–H and O–H groups in total. The van der Waals surface area contributed by atoms with Gasteiger partial charge < -0.3 is 14.2 Å². The van der Waals surface area contributed by atoms with Gasteiger partial charge in [-0.05, 0) is 65.6 Å². The Bertz CT molecular complexity index is 1370. The van der Waals surface area contributed by atoms with E-state index >= 15 is 0 Å². The maximum Gasteiger partial charge on any atom is 0.331 e. The van der Waals surface area contributed by atoms with Gasteiger partial charge in [-0.3, -0.25) is 19.8 Å². The van der Waals surface area contributed by atoms with Gasteiger partial charge in [0.2, 0.25) is 0 Å². The molecule has 0 aromatic heterocycles. The van der Waals surface area contributed by atoms with E-state index in [1.165, 1.54) is 13.2 Å². The SMILES string of the molecule is CCCOc1ccc(CN2C(=O)NC(=O)/C(=C/c3cccc(OCc4ccc(Cl)cc4)c3)C2=O)cc1OC. The fourth-order valence-corrected chi connectivity index (χ4v) is 3.90. The van der Waals surface area contributed by atoms with Gasteiger partial charge in [0, 0.05) is 5.02 Å². The predicted molar refractivity (Wildman–Crippen MR) is 143 cm³/mol. The number of hydrogen-bond acceptors (Lipinski definition) is 6. The van der Waals surface area contributed by atoms with Crippen molar-refractivity contribution in [2.75, 3.05) is 13.7 Å². The van der Waals surface area contributed by atoms with Crippen LogP contribution in [0.4, 0.5) is 4.79 Å². The summed E-state index contributed by atoms with van der Waals surface area (Å²) in [5.74, 6) is 0.161. The standard InChI is InChI=1S/C29H27ClN2O6/c1-3-13-37-25-12-9-21(16-26(25)36-2)17-32-28(34)24(27(33)31-29(32)35)15-20-5-4-6-23(14-20)38-18-19-7-10-22(30)11-8-19/h4-12,14-16H,3,13,17-18H2,1-2H3,(H,31,33,35)/b24-15-. The summed E-state index contributed by atoms with van der Waals surface area (Å²) in [6.45, 7) is 2.80. The van der Waals surface area contributed by atoms with Crippen LogP contribution in [0.5, 0.6) is 17.2 Å². The molecule has 0 atom stereocenters. The van der Waals surface area contributed by atoms with Gasteiger partial charge in [0.25, 0.3) is 11.8 Å². The fourth-order valence-electron chi connectivity index (χ4n) is 3.77. The monoisotopic (exact) mass is 534 g/mol. The Morgan fingerprint density at radius 2 is 1.68 bits per heavy atom. The minimum atomic E-state index is -0.789. The number of carbonyl (C=O) groups is 3. The summed E-state index contributed by atoms with van der Waals surface area (Å²) in [7, 11) is 1.52. The molecule has 1 fully saturated rings. The lowest BCUT2D eigenvalue weighted by molar-refractivity contribution is -0.130. The van der Waals surface area contributed by atoms with Crippen molar-refractivity contribution in [3.8, 4) is 17.2 Å². The quantitative estimate of drug-likeness (QED) is 0.277. The maximum absolute atomic E-state index is 13.2. The number of carbonyl (C=O) groups excluding carboxylic acids is 3. The van der Waals surface area contributed by atoms with Crippen LogP contribution in [-0.4, -0.2) is 36.5 Å². The number of halogens is 1. The molecule has 4 amide bonds. The van der Waals surface area contributed by atoms with Crippen LogP contribution < -0.4 is 19.5 Å². The number of imide groups is 2. The van der Waals surface area contributed by atoms with Crippen molar-refractivity contribution in [2.24, 2.45) is 0 Å². The van der Waals surface area contributed by atoms with Crippen LogP contribution in [0.15, 0.2) is 72.3 Å². The molecule has 0 radical (unpaired) electrons. The van der Waals surface area contributed by atoms with E-state index in [0.29, 0.717) is 46.6 Å². The summed E-state index contributed by atoms with van der Waals surface area (Å²) < 4.78 is 16.9. The summed E-state index contributed by atoms with van der Waals surface area (Å²) in [5, 5.41) is 2.89. The van der Waals surface area contributed by atoms with Crippen LogP contribution in [0.1, 0.15) is 30.0 Å². The van der Waals surface area contributed by atoms with Crippen LogP contribution in [0.25, 0.3) is 6.08 Å². The van der Waals surface area contributed by atoms with Gasteiger partial charge in [0.05, 0.1) is 20.3 Å². The zero-order valence-electron chi connectivity index (χ0n) is 21.0. The zero-order chi connectivity index (χ0) is 27.1. The molecule has 1 aliphatic heterocycles. The summed E-state index contributed by atoms with van der Waals surface area (Å²) in [4.78, 5) is 39.3. The molecule has 0 unspecified atom stereocenters. The van der Waals surface area contributed by atoms with Crippen LogP contribution >= 0.6 is 11.6 Å². The molecule has 1 aliphatic rings. The number of barbiturate groups is 1. The van der Waals surface area contributed by atoms with Crippen molar-refractivity contribution in [2.45, 2.75) is 26.5 Å². The minimum Gasteiger partial charge on any atom is -0.493 e. The highest BCUT2D eigenvalue weighted by molar-refractivity contribution is 6.31. The van der Waals surface area contributed by atoms with Gasteiger partial charge in [-0.2, -0.15) is 0 Å². The number of nitrogens with one attached hydrogen (secondary N) is 1. The molecule has 0 bridgehead atoms. The van der Waals surface area contributed by atoms with E-state index in [-0.39, 0.29) is 12.1 Å². The highest BCUT2D eigenvalue weighted by Gasteiger charge is 2.35. The highest BCUT2D eigenvalue weighted by Crippen LogP contribution is 2.29. The lowest BCUT2D eigenvalue weighted by Crippen LogP contribution is -2.53. The number of amides is 4. The molecule has 4 rings (SSSR count). The normalized spacial score (nSPS) is 14.4. The van der Waals surface area contributed by atoms with E-state index in [9.17, 15) is 14.4 Å². The Hall–Kier alpha value is -4.30. The molecule has 9 heteroatoms. The number of nitrogens with zero attached hydrogens (tertiary/aromatic N) is 1. The lowest BCUT2D eigenvalue weighted by Gasteiger charge is -2.26. The second kappa shape index (κ2) is 12.3. The number of ether oxygens (including phenoxy) is 3. The molecule has 0 spiro atoms. The van der Waals surface area contributed by atoms with Crippen molar-refractivity contribution in [1.82, 2.24) is 10.2 Å². The Balaban J connectivity index is 1.50. The van der Waals surface area contributed by atoms with E-state index < -0.39 is 17.8 Å². The van der Waals surface area contributed by atoms with E-state index in [0.717, 1.165) is 16.9 Å². The maximum atomic E-state index is 13.2. The number of methoxy groups -OCH3 is 1. The Kier molecular flexibility index (Phi) is 8.66. The number of urea groups is 1. The van der Waals surface area contributed by atoms with Gasteiger partial charge in [-0.1, -0.05) is 48.9 Å². The molecule has 3 aromatic rings. The van der Waals surface area contributed by atoms with Gasteiger partial charge in [-0.15, -0.1) is 0 Å². The van der Waals surface area contributed by atoms with E-state index in [2.05, 4.69) is 5.32 Å². The first-order valence-corrected chi connectivity index (χ1v) is 12.4. The first-order valence-electron chi connectivity index (χ1n) is 12.0. The van der Waals surface area contributed by atoms with E-state index in [1.54, 1.807) is 54.6 Å². The predicted octanol–water partition coefficient (Wildman–Crippen LogP) is 5.38. The smallest absolute Gasteiger partial charge is 0.331 e. The summed E-state index contributed by atoms with van der Waals surface area (Å²) in [5.41, 5.74) is 2.00. The van der Waals surface area contributed by atoms with E-state index in [1.807, 2.05) is 19.1 Å². The average Bonchev–Trinajstić information content (AvgIpc) is 2.92. The number of rotatable bonds is 10. The Morgan fingerprint density at radius 3 is 2.42 bits per heavy atom. The molecule has 1 saturated heterocycles. The van der Waals surface area contributed by atoms with E-state index in [4.69, 9.17) is 25.8 Å². The number of benzene rings is 3. The van der Waals surface area contributed by atoms with Gasteiger partial charge in [0.15, 0.2) is 11.5 Å². The Morgan fingerprint density at radius 1 is 0.921 bits per heavy atom. The van der Waals surface area contributed by atoms with Crippen LogP contribution in [0, 0.1) is 0 Å². The molecule has 38 heavy (non-hydrogen) atoms. The van der Waals surface area contributed by atoms with Gasteiger partial charge in [0.1, 0.15) is 17.9 Å². The molecular formula is C29H27ClN2O6. The summed E-state index contributed by atoms with van der Waals surface area (Å²) in [6.07, 6.45) is 2.28. The van der Waals surface area contributed by atoms with Crippen molar-refractivity contribution in [3.63, 3.8) is 0 Å². The first kappa shape index (κ1) is 26.8. The third-order valence-electron chi connectivity index (χ3n) is 5.70. The fraction of sp³-hybridized carbons (Fsp3) is 0.207. The first-order chi connectivity index (χ1) is 18.4. The zero-order valence-corrected chi connectivity index (χ0v) is 21.8. The summed E-state index contributed by atoms with van der Waals surface area (Å²) >= 11 is 5.92. The second-order valence-electron chi connectivity index (χ2n) is 8.53. The molecule has 196 valence electrons. The average molecular weight is 535 g/mol. The molecule has 8 nitrogen and oxygen atoms in total. The minimum absolute atomic E-state index is 0.0516. The largest absolute Gasteiger partial charge is 0.493 e. The second-order valence-corrected chi connectivity index (χ2v) is 8.97. The molecule has 3 aromatic carbocycles. The van der Waals surface area contributed by atoms with Crippen molar-refractivity contribution in [1.29, 1.82) is 0 Å². The third kappa shape index (κ3) is 6.52. The lowest BCUT2D eigenvalue weighted by atomic mass is 10.1. The highest BCUT2D eigenvalue weighted by atomic mass is 35.5. The summed E-state index contributed by atoms with van der Waals surface area (Å²) in [6, 6.07) is 18.7. The topological polar surface area (TPSA) is 94.2 Å². The van der Waals surface area contributed by atoms with Crippen molar-refractivity contribution in [3.05, 3.63) is 94.0 Å².